The predicted octanol–water partition coefficient (Wildman–Crippen LogP) is 5.26. The topological polar surface area (TPSA) is 17.1 Å². The van der Waals surface area contributed by atoms with E-state index in [0.717, 1.165) is 49.8 Å². The molecule has 0 aliphatic heterocycles. The molecule has 0 aromatic heterocycles. The summed E-state index contributed by atoms with van der Waals surface area (Å²) in [5.74, 6) is 0.880. The van der Waals surface area contributed by atoms with E-state index in [1.165, 1.54) is 18.6 Å². The molecular formula is C18H19F3O. The number of ketones is 1. The van der Waals surface area contributed by atoms with Crippen molar-refractivity contribution in [3.05, 3.63) is 41.0 Å². The van der Waals surface area contributed by atoms with E-state index in [-0.39, 0.29) is 11.7 Å². The highest BCUT2D eigenvalue weighted by molar-refractivity contribution is 6.02. The van der Waals surface area contributed by atoms with E-state index in [4.69, 9.17) is 0 Å². The maximum absolute atomic E-state index is 12.6. The zero-order valence-electron chi connectivity index (χ0n) is 12.3. The second kappa shape index (κ2) is 5.90. The molecule has 0 radical (unpaired) electrons. The smallest absolute Gasteiger partial charge is 0.294 e. The van der Waals surface area contributed by atoms with Gasteiger partial charge in [-0.25, -0.2) is 0 Å². The van der Waals surface area contributed by atoms with Gasteiger partial charge in [0.25, 0.3) is 0 Å². The molecule has 3 rings (SSSR count). The monoisotopic (exact) mass is 308 g/mol. The highest BCUT2D eigenvalue weighted by atomic mass is 19.4. The lowest BCUT2D eigenvalue weighted by molar-refractivity contribution is -0.137. The number of hydrogen-bond acceptors (Lipinski definition) is 1. The van der Waals surface area contributed by atoms with Gasteiger partial charge >= 0.3 is 6.18 Å². The first kappa shape index (κ1) is 15.3. The van der Waals surface area contributed by atoms with Crippen LogP contribution in [-0.2, 0) is 11.0 Å². The van der Waals surface area contributed by atoms with Crippen LogP contribution in [0.2, 0.25) is 0 Å². The van der Waals surface area contributed by atoms with Gasteiger partial charge < -0.3 is 0 Å². The summed E-state index contributed by atoms with van der Waals surface area (Å²) in [7, 11) is 0. The number of halogens is 3. The van der Waals surface area contributed by atoms with Gasteiger partial charge in [0, 0.05) is 5.92 Å². The zero-order valence-corrected chi connectivity index (χ0v) is 12.3. The van der Waals surface area contributed by atoms with Crippen molar-refractivity contribution in [1.82, 2.24) is 0 Å². The van der Waals surface area contributed by atoms with Gasteiger partial charge in [-0.3, -0.25) is 4.79 Å². The van der Waals surface area contributed by atoms with E-state index < -0.39 is 11.7 Å². The molecule has 2 saturated carbocycles. The van der Waals surface area contributed by atoms with Crippen molar-refractivity contribution in [3.8, 4) is 0 Å². The fraction of sp³-hybridized carbons (Fsp3) is 0.500. The van der Waals surface area contributed by atoms with Crippen LogP contribution in [0.5, 0.6) is 0 Å². The maximum Gasteiger partial charge on any atom is 0.416 e. The third kappa shape index (κ3) is 3.11. The number of benzene rings is 1. The SMILES string of the molecule is O=C1/C(=C/c2ccc(C(F)(F)F)cc2)CC[C@@H]2CCCC[C@@H]12. The number of fused-ring (bicyclic) bond motifs is 1. The normalized spacial score (nSPS) is 27.8. The van der Waals surface area contributed by atoms with Gasteiger partial charge in [0.1, 0.15) is 0 Å². The molecule has 1 aromatic carbocycles. The Morgan fingerprint density at radius 3 is 2.36 bits per heavy atom. The Kier molecular flexibility index (Phi) is 4.11. The summed E-state index contributed by atoms with van der Waals surface area (Å²) in [6.07, 6.45) is 3.67. The van der Waals surface area contributed by atoms with E-state index in [9.17, 15) is 18.0 Å². The zero-order chi connectivity index (χ0) is 15.7. The lowest BCUT2D eigenvalue weighted by Crippen LogP contribution is -2.32. The van der Waals surface area contributed by atoms with Gasteiger partial charge in [-0.05, 0) is 60.9 Å². The van der Waals surface area contributed by atoms with Crippen LogP contribution in [0.15, 0.2) is 29.8 Å². The highest BCUT2D eigenvalue weighted by Crippen LogP contribution is 2.41. The second-order valence-corrected chi connectivity index (χ2v) is 6.34. The Bertz CT molecular complexity index is 583. The number of Topliss-reactive ketones (excluding diaryl/α,β-unsaturated/α-hetero) is 1. The summed E-state index contributed by atoms with van der Waals surface area (Å²) in [4.78, 5) is 12.5. The van der Waals surface area contributed by atoms with Crippen molar-refractivity contribution in [2.75, 3.05) is 0 Å². The molecular weight excluding hydrogens is 289 g/mol. The number of carbonyl (C=O) groups is 1. The lowest BCUT2D eigenvalue weighted by Gasteiger charge is -2.35. The van der Waals surface area contributed by atoms with Gasteiger partial charge in [0.15, 0.2) is 5.78 Å². The quantitative estimate of drug-likeness (QED) is 0.647. The van der Waals surface area contributed by atoms with Crippen LogP contribution in [0.25, 0.3) is 6.08 Å². The van der Waals surface area contributed by atoms with Crippen LogP contribution in [0.4, 0.5) is 13.2 Å². The largest absolute Gasteiger partial charge is 0.416 e. The number of alkyl halides is 3. The molecule has 2 aliphatic carbocycles. The van der Waals surface area contributed by atoms with Crippen LogP contribution in [0, 0.1) is 11.8 Å². The van der Waals surface area contributed by atoms with E-state index in [0.29, 0.717) is 11.5 Å². The molecule has 22 heavy (non-hydrogen) atoms. The molecule has 0 saturated heterocycles. The molecule has 4 heteroatoms. The van der Waals surface area contributed by atoms with Crippen molar-refractivity contribution in [1.29, 1.82) is 0 Å². The van der Waals surface area contributed by atoms with Crippen molar-refractivity contribution in [2.45, 2.75) is 44.7 Å². The molecule has 2 atom stereocenters. The van der Waals surface area contributed by atoms with Gasteiger partial charge in [-0.15, -0.1) is 0 Å². The fourth-order valence-corrected chi connectivity index (χ4v) is 3.71. The second-order valence-electron chi connectivity index (χ2n) is 6.34. The van der Waals surface area contributed by atoms with Gasteiger partial charge in [-0.2, -0.15) is 13.2 Å². The van der Waals surface area contributed by atoms with E-state index in [1.54, 1.807) is 6.08 Å². The Hall–Kier alpha value is -1.58. The minimum Gasteiger partial charge on any atom is -0.294 e. The van der Waals surface area contributed by atoms with Crippen molar-refractivity contribution >= 4 is 11.9 Å². The first-order chi connectivity index (χ1) is 10.4. The van der Waals surface area contributed by atoms with Crippen LogP contribution < -0.4 is 0 Å². The maximum atomic E-state index is 12.6. The van der Waals surface area contributed by atoms with Crippen LogP contribution in [0.3, 0.4) is 0 Å². The number of rotatable bonds is 1. The molecule has 118 valence electrons. The number of carbonyl (C=O) groups excluding carboxylic acids is 1. The van der Waals surface area contributed by atoms with Gasteiger partial charge in [0.2, 0.25) is 0 Å². The highest BCUT2D eigenvalue weighted by Gasteiger charge is 2.36. The van der Waals surface area contributed by atoms with E-state index in [1.807, 2.05) is 0 Å². The predicted molar refractivity (Wildman–Crippen MR) is 79.1 cm³/mol. The summed E-state index contributed by atoms with van der Waals surface area (Å²) >= 11 is 0. The molecule has 0 heterocycles. The standard InChI is InChI=1S/C18H19F3O/c19-18(20,21)15-9-5-12(6-10-15)11-14-8-7-13-3-1-2-4-16(13)17(14)22/h5-6,9-11,13,16H,1-4,7-8H2/b14-11+/t13-,16+/m0/s1. The summed E-state index contributed by atoms with van der Waals surface area (Å²) < 4.78 is 37.7. The lowest BCUT2D eigenvalue weighted by atomic mass is 9.68. The van der Waals surface area contributed by atoms with Crippen LogP contribution in [-0.4, -0.2) is 5.78 Å². The van der Waals surface area contributed by atoms with Gasteiger partial charge in [0.05, 0.1) is 5.56 Å². The summed E-state index contributed by atoms with van der Waals surface area (Å²) in [6, 6.07) is 5.03. The van der Waals surface area contributed by atoms with E-state index in [2.05, 4.69) is 0 Å². The molecule has 2 fully saturated rings. The third-order valence-corrected chi connectivity index (χ3v) is 4.93. The summed E-state index contributed by atoms with van der Waals surface area (Å²) in [6.45, 7) is 0. The molecule has 0 N–H and O–H groups in total. The summed E-state index contributed by atoms with van der Waals surface area (Å²) in [5.41, 5.74) is 0.797. The molecule has 1 nitrogen and oxygen atoms in total. The average molecular weight is 308 g/mol. The van der Waals surface area contributed by atoms with Crippen molar-refractivity contribution in [2.24, 2.45) is 11.8 Å². The number of hydrogen-bond donors (Lipinski definition) is 0. The summed E-state index contributed by atoms with van der Waals surface area (Å²) in [5, 5.41) is 0. The Labute approximate surface area is 128 Å². The minimum atomic E-state index is -4.32. The van der Waals surface area contributed by atoms with E-state index >= 15 is 0 Å². The molecule has 2 aliphatic rings. The molecule has 1 aromatic rings. The Balaban J connectivity index is 1.78. The Morgan fingerprint density at radius 2 is 1.68 bits per heavy atom. The minimum absolute atomic E-state index is 0.142. The molecule has 0 unspecified atom stereocenters. The molecule has 0 bridgehead atoms. The van der Waals surface area contributed by atoms with Crippen molar-refractivity contribution < 1.29 is 18.0 Å². The van der Waals surface area contributed by atoms with Gasteiger partial charge in [-0.1, -0.05) is 25.0 Å². The first-order valence-corrected chi connectivity index (χ1v) is 7.87. The molecule has 0 amide bonds. The fourth-order valence-electron chi connectivity index (χ4n) is 3.71. The Morgan fingerprint density at radius 1 is 1.00 bits per heavy atom. The van der Waals surface area contributed by atoms with Crippen molar-refractivity contribution in [3.63, 3.8) is 0 Å². The number of allylic oxidation sites excluding steroid dienone is 1. The first-order valence-electron chi connectivity index (χ1n) is 7.87. The average Bonchev–Trinajstić information content (AvgIpc) is 2.50. The van der Waals surface area contributed by atoms with Crippen LogP contribution >= 0.6 is 0 Å². The third-order valence-electron chi connectivity index (χ3n) is 4.93. The van der Waals surface area contributed by atoms with Crippen LogP contribution in [0.1, 0.15) is 49.7 Å². The molecule has 0 spiro atoms.